The Kier molecular flexibility index (Phi) is 3.52. The molecule has 1 saturated heterocycles. The molecule has 0 aromatic heterocycles. The first-order chi connectivity index (χ1) is 8.54. The average Bonchev–Trinajstić information content (AvgIpc) is 2.69. The minimum Gasteiger partial charge on any atom is -0.478 e. The maximum Gasteiger partial charge on any atom is 0.340 e. The van der Waals surface area contributed by atoms with Gasteiger partial charge in [0.25, 0.3) is 0 Å². The Bertz CT molecular complexity index is 506. The number of amides is 1. The third kappa shape index (κ3) is 2.18. The van der Waals surface area contributed by atoms with Gasteiger partial charge in [-0.05, 0) is 18.1 Å². The molecule has 1 aliphatic heterocycles. The zero-order valence-electron chi connectivity index (χ0n) is 9.40. The molecule has 1 fully saturated rings. The Morgan fingerprint density at radius 2 is 2.28 bits per heavy atom. The summed E-state index contributed by atoms with van der Waals surface area (Å²) in [4.78, 5) is 24.1. The first-order valence-electron chi connectivity index (χ1n) is 5.42. The van der Waals surface area contributed by atoms with Gasteiger partial charge in [-0.2, -0.15) is 0 Å². The van der Waals surface area contributed by atoms with Gasteiger partial charge in [0.15, 0.2) is 0 Å². The summed E-state index contributed by atoms with van der Waals surface area (Å²) in [6, 6.07) is 3.88. The molecule has 4 nitrogen and oxygen atoms in total. The first kappa shape index (κ1) is 12.8. The molecule has 1 atom stereocenters. The number of carbonyl (C=O) groups is 2. The maximum absolute atomic E-state index is 13.5. The van der Waals surface area contributed by atoms with E-state index in [1.165, 1.54) is 17.0 Å². The minimum absolute atomic E-state index is 0.0240. The van der Waals surface area contributed by atoms with Crippen molar-refractivity contribution in [3.05, 3.63) is 29.6 Å². The molecule has 1 unspecified atom stereocenters. The summed E-state index contributed by atoms with van der Waals surface area (Å²) < 4.78 is 13.5. The second-order valence-electron chi connectivity index (χ2n) is 4.17. The van der Waals surface area contributed by atoms with E-state index < -0.39 is 17.3 Å². The minimum atomic E-state index is -1.38. The van der Waals surface area contributed by atoms with Crippen LogP contribution in [-0.4, -0.2) is 29.4 Å². The molecule has 2 rings (SSSR count). The van der Waals surface area contributed by atoms with Crippen molar-refractivity contribution < 1.29 is 19.1 Å². The van der Waals surface area contributed by atoms with Crippen LogP contribution in [0, 0.1) is 11.7 Å². The molecular formula is C12H11ClFNO3. The van der Waals surface area contributed by atoms with Gasteiger partial charge >= 0.3 is 5.97 Å². The van der Waals surface area contributed by atoms with Crippen molar-refractivity contribution in [1.82, 2.24) is 0 Å². The molecule has 1 amide bonds. The molecule has 96 valence electrons. The number of alkyl halides is 1. The van der Waals surface area contributed by atoms with Crippen molar-refractivity contribution >= 4 is 29.2 Å². The van der Waals surface area contributed by atoms with Crippen molar-refractivity contribution in [3.8, 4) is 0 Å². The molecule has 0 aliphatic carbocycles. The summed E-state index contributed by atoms with van der Waals surface area (Å²) in [5.41, 5.74) is -0.374. The quantitative estimate of drug-likeness (QED) is 0.857. The van der Waals surface area contributed by atoms with Crippen molar-refractivity contribution in [2.45, 2.75) is 6.42 Å². The first-order valence-corrected chi connectivity index (χ1v) is 5.96. The van der Waals surface area contributed by atoms with Crippen LogP contribution in [-0.2, 0) is 4.79 Å². The number of halogens is 2. The fourth-order valence-corrected chi connectivity index (χ4v) is 2.27. The van der Waals surface area contributed by atoms with Gasteiger partial charge in [0, 0.05) is 18.8 Å². The van der Waals surface area contributed by atoms with Gasteiger partial charge in [-0.15, -0.1) is 11.6 Å². The summed E-state index contributed by atoms with van der Waals surface area (Å²) in [5, 5.41) is 9.01. The fourth-order valence-electron chi connectivity index (χ4n) is 2.07. The number of hydrogen-bond acceptors (Lipinski definition) is 2. The van der Waals surface area contributed by atoms with Crippen LogP contribution in [0.2, 0.25) is 0 Å². The molecule has 1 aromatic rings. The van der Waals surface area contributed by atoms with Crippen molar-refractivity contribution in [1.29, 1.82) is 0 Å². The van der Waals surface area contributed by atoms with E-state index in [1.807, 2.05) is 0 Å². The second-order valence-corrected chi connectivity index (χ2v) is 4.48. The van der Waals surface area contributed by atoms with Gasteiger partial charge in [0.1, 0.15) is 11.4 Å². The summed E-state index contributed by atoms with van der Waals surface area (Å²) in [6.45, 7) is 0.325. The van der Waals surface area contributed by atoms with Crippen LogP contribution in [0.15, 0.2) is 18.2 Å². The molecule has 6 heteroatoms. The average molecular weight is 272 g/mol. The van der Waals surface area contributed by atoms with Gasteiger partial charge in [0.05, 0.1) is 5.69 Å². The van der Waals surface area contributed by atoms with Gasteiger partial charge in [-0.3, -0.25) is 4.79 Å². The van der Waals surface area contributed by atoms with Crippen LogP contribution in [0.3, 0.4) is 0 Å². The third-order valence-electron chi connectivity index (χ3n) is 2.92. The zero-order chi connectivity index (χ0) is 13.3. The highest BCUT2D eigenvalue weighted by molar-refractivity contribution is 6.18. The van der Waals surface area contributed by atoms with Crippen LogP contribution in [0.1, 0.15) is 16.8 Å². The molecule has 1 N–H and O–H groups in total. The third-order valence-corrected chi connectivity index (χ3v) is 3.36. The molecule has 1 aliphatic rings. The van der Waals surface area contributed by atoms with Gasteiger partial charge in [-0.25, -0.2) is 9.18 Å². The monoisotopic (exact) mass is 271 g/mol. The fraction of sp³-hybridized carbons (Fsp3) is 0.333. The summed E-state index contributed by atoms with van der Waals surface area (Å²) in [5.74, 6) is -2.16. The standard InChI is InChI=1S/C12H11ClFNO3/c13-5-7-4-10(16)15(6-7)9-3-1-2-8(14)11(9)12(17)18/h1-3,7H,4-6H2,(H,17,18). The normalized spacial score (nSPS) is 19.3. The Morgan fingerprint density at radius 1 is 1.56 bits per heavy atom. The van der Waals surface area contributed by atoms with Crippen LogP contribution in [0.5, 0.6) is 0 Å². The predicted molar refractivity (Wildman–Crippen MR) is 64.5 cm³/mol. The van der Waals surface area contributed by atoms with E-state index in [4.69, 9.17) is 16.7 Å². The summed E-state index contributed by atoms with van der Waals surface area (Å²) >= 11 is 5.69. The van der Waals surface area contributed by atoms with Gasteiger partial charge < -0.3 is 10.0 Å². The van der Waals surface area contributed by atoms with E-state index in [0.29, 0.717) is 12.4 Å². The van der Waals surface area contributed by atoms with Crippen LogP contribution in [0.25, 0.3) is 0 Å². The highest BCUT2D eigenvalue weighted by Gasteiger charge is 2.33. The van der Waals surface area contributed by atoms with E-state index in [1.54, 1.807) is 0 Å². The molecule has 0 radical (unpaired) electrons. The van der Waals surface area contributed by atoms with Crippen molar-refractivity contribution in [3.63, 3.8) is 0 Å². The Morgan fingerprint density at radius 3 is 2.83 bits per heavy atom. The number of rotatable bonds is 3. The number of carbonyl (C=O) groups excluding carboxylic acids is 1. The lowest BCUT2D eigenvalue weighted by Crippen LogP contribution is -2.27. The molecule has 0 bridgehead atoms. The number of aromatic carboxylic acids is 1. The lowest BCUT2D eigenvalue weighted by Gasteiger charge is -2.18. The highest BCUT2D eigenvalue weighted by Crippen LogP contribution is 2.30. The zero-order valence-corrected chi connectivity index (χ0v) is 10.2. The lowest BCUT2D eigenvalue weighted by molar-refractivity contribution is -0.117. The smallest absolute Gasteiger partial charge is 0.340 e. The van der Waals surface area contributed by atoms with E-state index in [0.717, 1.165) is 6.07 Å². The SMILES string of the molecule is O=C(O)c1c(F)cccc1N1CC(CCl)CC1=O. The van der Waals surface area contributed by atoms with Gasteiger partial charge in [-0.1, -0.05) is 6.07 Å². The Hall–Kier alpha value is -1.62. The Balaban J connectivity index is 2.43. The highest BCUT2D eigenvalue weighted by atomic mass is 35.5. The molecule has 1 aromatic carbocycles. The van der Waals surface area contributed by atoms with Crippen LogP contribution in [0.4, 0.5) is 10.1 Å². The topological polar surface area (TPSA) is 57.6 Å². The second kappa shape index (κ2) is 4.94. The summed E-state index contributed by atoms with van der Waals surface area (Å²) in [6.07, 6.45) is 0.263. The Labute approximate surface area is 108 Å². The van der Waals surface area contributed by atoms with Crippen LogP contribution < -0.4 is 4.90 Å². The van der Waals surface area contributed by atoms with E-state index in [-0.39, 0.29) is 23.9 Å². The number of hydrogen-bond donors (Lipinski definition) is 1. The molecule has 18 heavy (non-hydrogen) atoms. The number of benzene rings is 1. The number of nitrogens with zero attached hydrogens (tertiary/aromatic N) is 1. The molecule has 0 saturated carbocycles. The van der Waals surface area contributed by atoms with Crippen LogP contribution >= 0.6 is 11.6 Å². The maximum atomic E-state index is 13.5. The van der Waals surface area contributed by atoms with E-state index in [9.17, 15) is 14.0 Å². The lowest BCUT2D eigenvalue weighted by atomic mass is 10.1. The van der Waals surface area contributed by atoms with Crippen molar-refractivity contribution in [2.24, 2.45) is 5.92 Å². The largest absolute Gasteiger partial charge is 0.478 e. The van der Waals surface area contributed by atoms with E-state index >= 15 is 0 Å². The predicted octanol–water partition coefficient (Wildman–Crippen LogP) is 2.12. The van der Waals surface area contributed by atoms with Crippen molar-refractivity contribution in [2.75, 3.05) is 17.3 Å². The molecule has 1 heterocycles. The van der Waals surface area contributed by atoms with Gasteiger partial charge in [0.2, 0.25) is 5.91 Å². The summed E-state index contributed by atoms with van der Waals surface area (Å²) in [7, 11) is 0. The number of carboxylic acid groups (broad SMARTS) is 1. The molecular weight excluding hydrogens is 261 g/mol. The van der Waals surface area contributed by atoms with E-state index in [2.05, 4.69) is 0 Å². The molecule has 0 spiro atoms. The number of anilines is 1. The number of carboxylic acids is 1.